The number of pyridine rings is 2. The SMILES string of the molecule is CS(=O)(=O)c1cc(Cl)cnc1C1CCCN(Cc2cccnc2)C1. The van der Waals surface area contributed by atoms with Crippen molar-refractivity contribution in [3.8, 4) is 0 Å². The van der Waals surface area contributed by atoms with Gasteiger partial charge in [-0.2, -0.15) is 0 Å². The van der Waals surface area contributed by atoms with E-state index in [1.807, 2.05) is 12.3 Å². The molecule has 1 fully saturated rings. The lowest BCUT2D eigenvalue weighted by Gasteiger charge is -2.33. The van der Waals surface area contributed by atoms with Gasteiger partial charge >= 0.3 is 0 Å². The van der Waals surface area contributed by atoms with Gasteiger partial charge in [-0.25, -0.2) is 8.42 Å². The monoisotopic (exact) mass is 365 g/mol. The highest BCUT2D eigenvalue weighted by molar-refractivity contribution is 7.90. The van der Waals surface area contributed by atoms with Crippen molar-refractivity contribution in [2.45, 2.75) is 30.2 Å². The van der Waals surface area contributed by atoms with E-state index in [2.05, 4.69) is 20.9 Å². The Labute approximate surface area is 147 Å². The second kappa shape index (κ2) is 7.17. The van der Waals surface area contributed by atoms with Crippen molar-refractivity contribution in [2.24, 2.45) is 0 Å². The van der Waals surface area contributed by atoms with Crippen molar-refractivity contribution in [3.63, 3.8) is 0 Å². The Hall–Kier alpha value is -1.50. The molecule has 0 N–H and O–H groups in total. The fourth-order valence-electron chi connectivity index (χ4n) is 3.21. The van der Waals surface area contributed by atoms with Crippen LogP contribution >= 0.6 is 11.6 Å². The molecule has 128 valence electrons. The van der Waals surface area contributed by atoms with Crippen LogP contribution < -0.4 is 0 Å². The third-order valence-electron chi connectivity index (χ3n) is 4.27. The van der Waals surface area contributed by atoms with Crippen LogP contribution in [0.3, 0.4) is 0 Å². The maximum atomic E-state index is 12.1. The molecule has 0 aliphatic carbocycles. The summed E-state index contributed by atoms with van der Waals surface area (Å²) in [5.41, 5.74) is 1.79. The summed E-state index contributed by atoms with van der Waals surface area (Å²) in [6.45, 7) is 2.59. The van der Waals surface area contributed by atoms with Crippen molar-refractivity contribution >= 4 is 21.4 Å². The van der Waals surface area contributed by atoms with Gasteiger partial charge in [0.1, 0.15) is 0 Å². The van der Waals surface area contributed by atoms with Crippen molar-refractivity contribution < 1.29 is 8.42 Å². The van der Waals surface area contributed by atoms with Crippen LogP contribution in [0.1, 0.15) is 30.0 Å². The third-order valence-corrected chi connectivity index (χ3v) is 5.60. The van der Waals surface area contributed by atoms with Crippen molar-refractivity contribution in [3.05, 3.63) is 53.1 Å². The standard InChI is InChI=1S/C17H20ClN3O2S/c1-24(22,23)16-8-15(18)10-20-17(16)14-5-3-7-21(12-14)11-13-4-2-6-19-9-13/h2,4,6,8-10,14H,3,5,7,11-12H2,1H3. The van der Waals surface area contributed by atoms with Gasteiger partial charge in [-0.15, -0.1) is 0 Å². The van der Waals surface area contributed by atoms with E-state index in [0.29, 0.717) is 10.7 Å². The van der Waals surface area contributed by atoms with Gasteiger partial charge in [0.05, 0.1) is 15.6 Å². The Kier molecular flexibility index (Phi) is 5.18. The number of hydrogen-bond acceptors (Lipinski definition) is 5. The van der Waals surface area contributed by atoms with Gasteiger partial charge in [-0.3, -0.25) is 14.9 Å². The van der Waals surface area contributed by atoms with Gasteiger partial charge in [0.15, 0.2) is 9.84 Å². The average Bonchev–Trinajstić information content (AvgIpc) is 2.55. The molecule has 0 bridgehead atoms. The summed E-state index contributed by atoms with van der Waals surface area (Å²) >= 11 is 5.95. The zero-order chi connectivity index (χ0) is 17.2. The first-order valence-electron chi connectivity index (χ1n) is 7.90. The van der Waals surface area contributed by atoms with E-state index in [-0.39, 0.29) is 10.8 Å². The molecule has 1 aliphatic rings. The van der Waals surface area contributed by atoms with Gasteiger partial charge in [0.2, 0.25) is 0 Å². The van der Waals surface area contributed by atoms with Crippen molar-refractivity contribution in [1.82, 2.24) is 14.9 Å². The van der Waals surface area contributed by atoms with Gasteiger partial charge in [-0.05, 0) is 37.1 Å². The quantitative estimate of drug-likeness (QED) is 0.833. The molecule has 0 radical (unpaired) electrons. The smallest absolute Gasteiger partial charge is 0.177 e. The molecule has 2 aromatic rings. The zero-order valence-electron chi connectivity index (χ0n) is 13.5. The largest absolute Gasteiger partial charge is 0.298 e. The number of sulfone groups is 1. The van der Waals surface area contributed by atoms with E-state index in [1.165, 1.54) is 18.5 Å². The Morgan fingerprint density at radius 1 is 1.38 bits per heavy atom. The van der Waals surface area contributed by atoms with Crippen LogP contribution in [0.15, 0.2) is 41.7 Å². The van der Waals surface area contributed by atoms with E-state index in [4.69, 9.17) is 11.6 Å². The van der Waals surface area contributed by atoms with E-state index in [1.54, 1.807) is 6.20 Å². The molecular weight excluding hydrogens is 346 g/mol. The molecule has 3 rings (SSSR count). The highest BCUT2D eigenvalue weighted by atomic mass is 35.5. The number of hydrogen-bond donors (Lipinski definition) is 0. The molecular formula is C17H20ClN3O2S. The van der Waals surface area contributed by atoms with Crippen molar-refractivity contribution in [1.29, 1.82) is 0 Å². The van der Waals surface area contributed by atoms with E-state index < -0.39 is 9.84 Å². The number of likely N-dealkylation sites (tertiary alicyclic amines) is 1. The maximum Gasteiger partial charge on any atom is 0.177 e. The Morgan fingerprint density at radius 2 is 2.21 bits per heavy atom. The molecule has 5 nitrogen and oxygen atoms in total. The Bertz CT molecular complexity index is 812. The zero-order valence-corrected chi connectivity index (χ0v) is 15.1. The molecule has 0 saturated carbocycles. The van der Waals surface area contributed by atoms with Crippen LogP contribution in [0, 0.1) is 0 Å². The van der Waals surface area contributed by atoms with Crippen LogP contribution in [-0.4, -0.2) is 42.6 Å². The Balaban J connectivity index is 1.83. The van der Waals surface area contributed by atoms with E-state index in [9.17, 15) is 8.42 Å². The molecule has 1 atom stereocenters. The summed E-state index contributed by atoms with van der Waals surface area (Å²) in [5, 5.41) is 0.349. The molecule has 0 spiro atoms. The van der Waals surface area contributed by atoms with Gasteiger partial charge in [0, 0.05) is 43.9 Å². The molecule has 24 heavy (non-hydrogen) atoms. The molecule has 1 unspecified atom stereocenters. The number of piperidine rings is 1. The second-order valence-electron chi connectivity index (χ2n) is 6.24. The van der Waals surface area contributed by atoms with E-state index >= 15 is 0 Å². The molecule has 0 aromatic carbocycles. The van der Waals surface area contributed by atoms with Crippen LogP contribution in [-0.2, 0) is 16.4 Å². The predicted octanol–water partition coefficient (Wildman–Crippen LogP) is 2.91. The highest BCUT2D eigenvalue weighted by Crippen LogP contribution is 2.31. The third kappa shape index (κ3) is 4.12. The first-order valence-corrected chi connectivity index (χ1v) is 10.2. The van der Waals surface area contributed by atoms with Crippen LogP contribution in [0.4, 0.5) is 0 Å². The average molecular weight is 366 g/mol. The van der Waals surface area contributed by atoms with Gasteiger partial charge < -0.3 is 0 Å². The van der Waals surface area contributed by atoms with E-state index in [0.717, 1.165) is 38.0 Å². The lowest BCUT2D eigenvalue weighted by atomic mass is 9.94. The summed E-state index contributed by atoms with van der Waals surface area (Å²) in [6.07, 6.45) is 8.31. The molecule has 3 heterocycles. The van der Waals surface area contributed by atoms with Crippen molar-refractivity contribution in [2.75, 3.05) is 19.3 Å². The predicted molar refractivity (Wildman–Crippen MR) is 93.8 cm³/mol. The summed E-state index contributed by atoms with van der Waals surface area (Å²) in [5.74, 6) is 0.0948. The summed E-state index contributed by atoms with van der Waals surface area (Å²) in [7, 11) is -3.36. The minimum atomic E-state index is -3.36. The first kappa shape index (κ1) is 17.3. The fraction of sp³-hybridized carbons (Fsp3) is 0.412. The Morgan fingerprint density at radius 3 is 2.92 bits per heavy atom. The summed E-state index contributed by atoms with van der Waals surface area (Å²) < 4.78 is 24.2. The minimum absolute atomic E-state index is 0.0948. The summed E-state index contributed by atoms with van der Waals surface area (Å²) in [4.78, 5) is 11.1. The topological polar surface area (TPSA) is 63.2 Å². The number of nitrogens with zero attached hydrogens (tertiary/aromatic N) is 3. The second-order valence-corrected chi connectivity index (χ2v) is 8.67. The molecule has 7 heteroatoms. The highest BCUT2D eigenvalue weighted by Gasteiger charge is 2.27. The molecule has 1 saturated heterocycles. The maximum absolute atomic E-state index is 12.1. The fourth-order valence-corrected chi connectivity index (χ4v) is 4.37. The normalized spacial score (nSPS) is 19.3. The minimum Gasteiger partial charge on any atom is -0.298 e. The molecule has 2 aromatic heterocycles. The summed E-state index contributed by atoms with van der Waals surface area (Å²) in [6, 6.07) is 5.50. The number of rotatable bonds is 4. The first-order chi connectivity index (χ1) is 11.4. The van der Waals surface area contributed by atoms with Crippen LogP contribution in [0.2, 0.25) is 5.02 Å². The number of aromatic nitrogens is 2. The van der Waals surface area contributed by atoms with Crippen LogP contribution in [0.25, 0.3) is 0 Å². The van der Waals surface area contributed by atoms with Gasteiger partial charge in [0.25, 0.3) is 0 Å². The lowest BCUT2D eigenvalue weighted by molar-refractivity contribution is 0.197. The number of halogens is 1. The lowest BCUT2D eigenvalue weighted by Crippen LogP contribution is -2.34. The molecule has 0 amide bonds. The van der Waals surface area contributed by atoms with Gasteiger partial charge in [-0.1, -0.05) is 17.7 Å². The van der Waals surface area contributed by atoms with Crippen LogP contribution in [0.5, 0.6) is 0 Å². The molecule has 1 aliphatic heterocycles.